The van der Waals surface area contributed by atoms with E-state index in [0.717, 1.165) is 32.6 Å². The second-order valence-electron chi connectivity index (χ2n) is 5.56. The Kier molecular flexibility index (Phi) is 6.63. The zero-order valence-corrected chi connectivity index (χ0v) is 13.1. The van der Waals surface area contributed by atoms with E-state index in [0.29, 0.717) is 5.56 Å². The summed E-state index contributed by atoms with van der Waals surface area (Å²) in [6, 6.07) is 20.4. The molecular weight excluding hydrogens is 270 g/mol. The van der Waals surface area contributed by atoms with Crippen LogP contribution in [-0.2, 0) is 13.1 Å². The molecule has 0 fully saturated rings. The van der Waals surface area contributed by atoms with Crippen LogP contribution < -0.4 is 5.32 Å². The first kappa shape index (κ1) is 16.2. The monoisotopic (exact) mass is 293 g/mol. The molecule has 0 radical (unpaired) electrons. The van der Waals surface area contributed by atoms with Gasteiger partial charge in [0.05, 0.1) is 11.6 Å². The minimum absolute atomic E-state index is 0.714. The smallest absolute Gasteiger partial charge is 0.0991 e. The van der Waals surface area contributed by atoms with Gasteiger partial charge in [0.2, 0.25) is 0 Å². The average Bonchev–Trinajstić information content (AvgIpc) is 2.56. The lowest BCUT2D eigenvalue weighted by molar-refractivity contribution is 0.319. The molecule has 3 heteroatoms. The largest absolute Gasteiger partial charge is 0.313 e. The molecule has 0 saturated carbocycles. The van der Waals surface area contributed by atoms with Gasteiger partial charge in [-0.15, -0.1) is 0 Å². The fraction of sp³-hybridized carbons (Fsp3) is 0.316. The van der Waals surface area contributed by atoms with Crippen LogP contribution in [-0.4, -0.2) is 25.0 Å². The number of nitriles is 1. The molecule has 22 heavy (non-hydrogen) atoms. The van der Waals surface area contributed by atoms with E-state index in [1.807, 2.05) is 24.3 Å². The van der Waals surface area contributed by atoms with E-state index in [1.165, 1.54) is 11.1 Å². The number of hydrogen-bond acceptors (Lipinski definition) is 3. The van der Waals surface area contributed by atoms with E-state index in [2.05, 4.69) is 53.7 Å². The molecule has 0 spiro atoms. The zero-order chi connectivity index (χ0) is 15.6. The van der Waals surface area contributed by atoms with Gasteiger partial charge in [0, 0.05) is 13.1 Å². The fourth-order valence-electron chi connectivity index (χ4n) is 2.38. The molecule has 0 aliphatic heterocycles. The van der Waals surface area contributed by atoms with Crippen molar-refractivity contribution in [2.24, 2.45) is 0 Å². The first-order chi connectivity index (χ1) is 10.8. The molecule has 0 unspecified atom stereocenters. The Labute approximate surface area is 133 Å². The second-order valence-corrected chi connectivity index (χ2v) is 5.56. The van der Waals surface area contributed by atoms with E-state index >= 15 is 0 Å². The zero-order valence-electron chi connectivity index (χ0n) is 13.1. The summed E-state index contributed by atoms with van der Waals surface area (Å²) in [5, 5.41) is 12.2. The van der Waals surface area contributed by atoms with Crippen LogP contribution in [0.15, 0.2) is 54.6 Å². The number of benzene rings is 2. The summed E-state index contributed by atoms with van der Waals surface area (Å²) < 4.78 is 0. The predicted molar refractivity (Wildman–Crippen MR) is 90.3 cm³/mol. The Balaban J connectivity index is 1.59. The lowest BCUT2D eigenvalue weighted by Gasteiger charge is -2.16. The van der Waals surface area contributed by atoms with Crippen molar-refractivity contribution in [1.82, 2.24) is 10.2 Å². The van der Waals surface area contributed by atoms with Crippen molar-refractivity contribution < 1.29 is 0 Å². The van der Waals surface area contributed by atoms with Crippen molar-refractivity contribution in [1.29, 1.82) is 5.26 Å². The number of nitrogens with zero attached hydrogens (tertiary/aromatic N) is 2. The number of hydrogen-bond donors (Lipinski definition) is 1. The molecule has 0 aliphatic carbocycles. The summed E-state index contributed by atoms with van der Waals surface area (Å²) >= 11 is 0. The van der Waals surface area contributed by atoms with Gasteiger partial charge in [-0.3, -0.25) is 0 Å². The Bertz CT molecular complexity index is 584. The highest BCUT2D eigenvalue weighted by Crippen LogP contribution is 2.04. The van der Waals surface area contributed by atoms with Crippen molar-refractivity contribution >= 4 is 0 Å². The minimum atomic E-state index is 0.714. The maximum atomic E-state index is 8.76. The van der Waals surface area contributed by atoms with Crippen molar-refractivity contribution in [3.63, 3.8) is 0 Å². The van der Waals surface area contributed by atoms with Gasteiger partial charge in [-0.05, 0) is 49.8 Å². The molecule has 0 heterocycles. The molecule has 3 nitrogen and oxygen atoms in total. The van der Waals surface area contributed by atoms with Gasteiger partial charge in [-0.2, -0.15) is 5.26 Å². The quantitative estimate of drug-likeness (QED) is 0.760. The summed E-state index contributed by atoms with van der Waals surface area (Å²) in [7, 11) is 2.16. The molecule has 0 aromatic heterocycles. The molecule has 1 N–H and O–H groups in total. The third-order valence-corrected chi connectivity index (χ3v) is 3.60. The maximum absolute atomic E-state index is 8.76. The molecular formula is C19H23N3. The molecule has 0 aliphatic rings. The summed E-state index contributed by atoms with van der Waals surface area (Å²) in [5.74, 6) is 0. The van der Waals surface area contributed by atoms with E-state index < -0.39 is 0 Å². The molecule has 2 aromatic rings. The normalized spacial score (nSPS) is 10.6. The highest BCUT2D eigenvalue weighted by atomic mass is 15.1. The molecule has 0 saturated heterocycles. The lowest BCUT2D eigenvalue weighted by Crippen LogP contribution is -2.23. The summed E-state index contributed by atoms with van der Waals surface area (Å²) in [6.07, 6.45) is 1.12. The van der Waals surface area contributed by atoms with Gasteiger partial charge in [-0.1, -0.05) is 42.5 Å². The molecule has 0 atom stereocenters. The van der Waals surface area contributed by atoms with E-state index in [1.54, 1.807) is 0 Å². The van der Waals surface area contributed by atoms with E-state index in [9.17, 15) is 0 Å². The second kappa shape index (κ2) is 8.99. The molecule has 2 rings (SSSR count). The molecule has 2 aromatic carbocycles. The fourth-order valence-corrected chi connectivity index (χ4v) is 2.38. The summed E-state index contributed by atoms with van der Waals surface area (Å²) in [6.45, 7) is 3.93. The third-order valence-electron chi connectivity index (χ3n) is 3.60. The predicted octanol–water partition coefficient (Wildman–Crippen LogP) is 3.17. The van der Waals surface area contributed by atoms with Crippen LogP contribution >= 0.6 is 0 Å². The number of rotatable bonds is 8. The van der Waals surface area contributed by atoms with Crippen LogP contribution in [0.3, 0.4) is 0 Å². The van der Waals surface area contributed by atoms with Gasteiger partial charge < -0.3 is 10.2 Å². The minimum Gasteiger partial charge on any atom is -0.313 e. The third kappa shape index (κ3) is 5.69. The average molecular weight is 293 g/mol. The maximum Gasteiger partial charge on any atom is 0.0991 e. The van der Waals surface area contributed by atoms with Crippen LogP contribution in [0.2, 0.25) is 0 Å². The molecule has 0 bridgehead atoms. The summed E-state index contributed by atoms with van der Waals surface area (Å²) in [5.41, 5.74) is 3.29. The van der Waals surface area contributed by atoms with Crippen molar-refractivity contribution in [2.45, 2.75) is 19.5 Å². The Morgan fingerprint density at radius 3 is 2.41 bits per heavy atom. The van der Waals surface area contributed by atoms with Crippen molar-refractivity contribution in [3.8, 4) is 6.07 Å². The highest BCUT2D eigenvalue weighted by molar-refractivity contribution is 5.31. The SMILES string of the molecule is CN(CCCNCc1ccc(C#N)cc1)Cc1ccccc1. The lowest BCUT2D eigenvalue weighted by atomic mass is 10.1. The summed E-state index contributed by atoms with van der Waals surface area (Å²) in [4.78, 5) is 2.35. The van der Waals surface area contributed by atoms with Gasteiger partial charge in [0.25, 0.3) is 0 Å². The highest BCUT2D eigenvalue weighted by Gasteiger charge is 2.00. The van der Waals surface area contributed by atoms with Crippen molar-refractivity contribution in [2.75, 3.05) is 20.1 Å². The van der Waals surface area contributed by atoms with Crippen LogP contribution in [0.5, 0.6) is 0 Å². The first-order valence-electron chi connectivity index (χ1n) is 7.70. The van der Waals surface area contributed by atoms with Crippen LogP contribution in [0.25, 0.3) is 0 Å². The Hall–Kier alpha value is -2.15. The van der Waals surface area contributed by atoms with Gasteiger partial charge in [-0.25, -0.2) is 0 Å². The Morgan fingerprint density at radius 2 is 1.73 bits per heavy atom. The topological polar surface area (TPSA) is 39.1 Å². The van der Waals surface area contributed by atoms with E-state index in [4.69, 9.17) is 5.26 Å². The first-order valence-corrected chi connectivity index (χ1v) is 7.70. The standard InChI is InChI=1S/C19H23N3/c1-22(16-19-6-3-2-4-7-19)13-5-12-21-15-18-10-8-17(14-20)9-11-18/h2-4,6-11,21H,5,12-13,15-16H2,1H3. The van der Waals surface area contributed by atoms with Crippen LogP contribution in [0.4, 0.5) is 0 Å². The van der Waals surface area contributed by atoms with Crippen molar-refractivity contribution in [3.05, 3.63) is 71.3 Å². The van der Waals surface area contributed by atoms with Gasteiger partial charge in [0.1, 0.15) is 0 Å². The Morgan fingerprint density at radius 1 is 1.00 bits per heavy atom. The van der Waals surface area contributed by atoms with Gasteiger partial charge in [0.15, 0.2) is 0 Å². The van der Waals surface area contributed by atoms with Gasteiger partial charge >= 0.3 is 0 Å². The molecule has 0 amide bonds. The van der Waals surface area contributed by atoms with E-state index in [-0.39, 0.29) is 0 Å². The van der Waals surface area contributed by atoms with Crippen LogP contribution in [0.1, 0.15) is 23.1 Å². The van der Waals surface area contributed by atoms with Crippen LogP contribution in [0, 0.1) is 11.3 Å². The number of nitrogens with one attached hydrogen (secondary N) is 1. The molecule has 114 valence electrons.